The molecular formula is C44H30Cl4CoN4-4. The van der Waals surface area contributed by atoms with Gasteiger partial charge in [0, 0.05) is 38.8 Å². The Labute approximate surface area is 340 Å². The van der Waals surface area contributed by atoms with Crippen molar-refractivity contribution in [2.24, 2.45) is 0 Å². The summed E-state index contributed by atoms with van der Waals surface area (Å²) in [5.41, 5.74) is 7.86. The van der Waals surface area contributed by atoms with Crippen molar-refractivity contribution in [3.63, 3.8) is 0 Å². The fraction of sp³-hybridized carbons (Fsp3) is 0. The van der Waals surface area contributed by atoms with Gasteiger partial charge in [0.25, 0.3) is 0 Å². The fourth-order valence-electron chi connectivity index (χ4n) is 4.43. The van der Waals surface area contributed by atoms with Gasteiger partial charge in [-0.25, -0.2) is 9.97 Å². The van der Waals surface area contributed by atoms with E-state index in [0.717, 1.165) is 44.8 Å². The van der Waals surface area contributed by atoms with E-state index in [1.807, 2.05) is 91.0 Å². The van der Waals surface area contributed by atoms with Crippen LogP contribution in [0.4, 0.5) is 0 Å². The molecule has 0 saturated carbocycles. The van der Waals surface area contributed by atoms with Crippen LogP contribution in [0.15, 0.2) is 146 Å². The first-order valence-electron chi connectivity index (χ1n) is 15.9. The van der Waals surface area contributed by atoms with Gasteiger partial charge >= 0.3 is 0 Å². The van der Waals surface area contributed by atoms with E-state index >= 15 is 0 Å². The number of hydrogen-bond donors (Lipinski definition) is 2. The number of nitrogens with zero attached hydrogens (tertiary/aromatic N) is 2. The van der Waals surface area contributed by atoms with Crippen molar-refractivity contribution in [2.75, 3.05) is 0 Å². The Balaban J connectivity index is 0.000000176. The molecule has 0 aliphatic carbocycles. The Hall–Kier alpha value is -4.85. The topological polar surface area (TPSA) is 57.4 Å². The van der Waals surface area contributed by atoms with E-state index in [0.29, 0.717) is 20.1 Å². The molecular weight excluding hydrogens is 785 g/mol. The summed E-state index contributed by atoms with van der Waals surface area (Å²) in [7, 11) is 0. The second-order valence-electron chi connectivity index (χ2n) is 10.7. The minimum Gasteiger partial charge on any atom is -0.355 e. The molecule has 4 aromatic carbocycles. The van der Waals surface area contributed by atoms with Crippen molar-refractivity contribution in [1.29, 1.82) is 0 Å². The fourth-order valence-corrected chi connectivity index (χ4v) is 4.97. The second kappa shape index (κ2) is 22.3. The smallest absolute Gasteiger partial charge is 0.0659 e. The molecule has 267 valence electrons. The summed E-state index contributed by atoms with van der Waals surface area (Å²) >= 11 is 21.9. The first-order chi connectivity index (χ1) is 25.4. The number of H-pyrrole nitrogens is 2. The first kappa shape index (κ1) is 40.9. The van der Waals surface area contributed by atoms with Crippen molar-refractivity contribution < 1.29 is 16.8 Å². The maximum absolute atomic E-state index is 5.48. The molecule has 1 radical (unpaired) electrons. The molecule has 2 N–H and O–H groups in total. The van der Waals surface area contributed by atoms with E-state index in [-0.39, 0.29) is 16.8 Å². The van der Waals surface area contributed by atoms with Crippen molar-refractivity contribution in [1.82, 2.24) is 19.9 Å². The summed E-state index contributed by atoms with van der Waals surface area (Å²) in [4.78, 5) is 16.0. The van der Waals surface area contributed by atoms with Gasteiger partial charge in [-0.15, -0.1) is 46.4 Å². The van der Waals surface area contributed by atoms with Crippen molar-refractivity contribution in [3.05, 3.63) is 213 Å². The second-order valence-corrected chi connectivity index (χ2v) is 12.4. The Morgan fingerprint density at radius 2 is 0.642 bits per heavy atom. The number of nitrogens with one attached hydrogen (secondary N) is 2. The number of fused-ring (bicyclic) bond motifs is 8. The predicted octanol–water partition coefficient (Wildman–Crippen LogP) is 13.2. The van der Waals surface area contributed by atoms with Crippen LogP contribution in [0.25, 0.3) is 46.4 Å². The Morgan fingerprint density at radius 1 is 0.358 bits per heavy atom. The molecule has 0 spiro atoms. The Kier molecular flexibility index (Phi) is 17.2. The first-order valence-corrected chi connectivity index (χ1v) is 17.4. The third-order valence-corrected chi connectivity index (χ3v) is 7.67. The molecule has 0 amide bonds. The predicted molar refractivity (Wildman–Crippen MR) is 220 cm³/mol. The average Bonchev–Trinajstić information content (AvgIpc) is 3.98. The average molecular weight is 815 g/mol. The summed E-state index contributed by atoms with van der Waals surface area (Å²) in [6, 6.07) is 56.9. The van der Waals surface area contributed by atoms with E-state index in [1.54, 1.807) is 48.5 Å². The maximum atomic E-state index is 5.48. The molecule has 0 atom stereocenters. The Bertz CT molecular complexity index is 2110. The van der Waals surface area contributed by atoms with E-state index < -0.39 is 0 Å². The zero-order valence-electron chi connectivity index (χ0n) is 27.9. The van der Waals surface area contributed by atoms with Crippen LogP contribution in [0.5, 0.6) is 0 Å². The normalized spacial score (nSPS) is 10.3. The van der Waals surface area contributed by atoms with E-state index in [1.165, 1.54) is 0 Å². The number of hydrogen-bond acceptors (Lipinski definition) is 2. The summed E-state index contributed by atoms with van der Waals surface area (Å²) in [6.07, 6.45) is 8.05. The van der Waals surface area contributed by atoms with Crippen molar-refractivity contribution in [2.45, 2.75) is 0 Å². The molecule has 2 aliphatic heterocycles. The standard InChI is InChI=1S/C20H14N4.4C6H4Cl.Co/c1-2-14-10-16-5-6-18(23-16)12-20-8-7-19(24-20)11-17-4-3-15(22-17)9-13(1)21-14;4*7-6-4-2-1-3-5-6;/h1-12,21-22H;4*1-4H;/q;4*-1;. The van der Waals surface area contributed by atoms with Crippen LogP contribution < -0.4 is 0 Å². The minimum absolute atomic E-state index is 0. The van der Waals surface area contributed by atoms with Gasteiger partial charge in [-0.05, 0) is 72.8 Å². The van der Waals surface area contributed by atoms with Crippen LogP contribution in [-0.2, 0) is 16.8 Å². The number of halogens is 4. The van der Waals surface area contributed by atoms with Crippen molar-refractivity contribution in [3.8, 4) is 0 Å². The summed E-state index contributed by atoms with van der Waals surface area (Å²) < 4.78 is 0. The van der Waals surface area contributed by atoms with E-state index in [2.05, 4.69) is 74.5 Å². The monoisotopic (exact) mass is 813 g/mol. The molecule has 0 saturated heterocycles. The molecule has 0 unspecified atom stereocenters. The summed E-state index contributed by atoms with van der Waals surface area (Å²) in [5.74, 6) is 0. The minimum atomic E-state index is 0. The van der Waals surface area contributed by atoms with Crippen LogP contribution in [0.2, 0.25) is 20.1 Å². The van der Waals surface area contributed by atoms with Gasteiger partial charge in [-0.1, -0.05) is 20.1 Å². The SMILES string of the molecule is C1=Cc2cc3ccc(cc4ccc(cc5nc(cc1n2)C=C5)[nH]4)[nH]3.Clc1[c-]cccc1.Clc1[c-]cccc1.Clc1[c-]cccc1.Clc1[c-]cccc1.[Co]. The van der Waals surface area contributed by atoms with Crippen LogP contribution in [-0.4, -0.2) is 19.9 Å². The van der Waals surface area contributed by atoms with E-state index in [4.69, 9.17) is 46.4 Å². The number of benzene rings is 4. The van der Waals surface area contributed by atoms with Gasteiger partial charge in [0.1, 0.15) is 0 Å². The number of aromatic nitrogens is 4. The molecule has 0 fully saturated rings. The summed E-state index contributed by atoms with van der Waals surface area (Å²) in [5, 5.41) is 2.68. The van der Waals surface area contributed by atoms with Crippen LogP contribution in [0, 0.1) is 24.3 Å². The molecule has 53 heavy (non-hydrogen) atoms. The summed E-state index contributed by atoms with van der Waals surface area (Å²) in [6.45, 7) is 0. The van der Waals surface area contributed by atoms with Gasteiger partial charge < -0.3 is 9.97 Å². The van der Waals surface area contributed by atoms with Crippen molar-refractivity contribution >= 4 is 92.8 Å². The van der Waals surface area contributed by atoms with Crippen LogP contribution >= 0.6 is 46.4 Å². The van der Waals surface area contributed by atoms with Gasteiger partial charge in [0.05, 0.1) is 22.8 Å². The molecule has 9 heteroatoms. The van der Waals surface area contributed by atoms with Gasteiger partial charge in [0.2, 0.25) is 0 Å². The van der Waals surface area contributed by atoms with E-state index in [9.17, 15) is 0 Å². The number of aromatic amines is 2. The molecule has 4 nitrogen and oxygen atoms in total. The Morgan fingerprint density at radius 3 is 0.887 bits per heavy atom. The van der Waals surface area contributed by atoms with Gasteiger partial charge in [-0.3, -0.25) is 0 Å². The van der Waals surface area contributed by atoms with Gasteiger partial charge in [-0.2, -0.15) is 121 Å². The quantitative estimate of drug-likeness (QED) is 0.150. The molecule has 9 rings (SSSR count). The van der Waals surface area contributed by atoms with Crippen LogP contribution in [0.3, 0.4) is 0 Å². The molecule has 5 heterocycles. The third kappa shape index (κ3) is 15.3. The molecule has 8 bridgehead atoms. The molecule has 3 aromatic heterocycles. The van der Waals surface area contributed by atoms with Gasteiger partial charge in [0.15, 0.2) is 0 Å². The third-order valence-electron chi connectivity index (χ3n) is 6.73. The zero-order chi connectivity index (χ0) is 36.4. The molecule has 2 aliphatic rings. The largest absolute Gasteiger partial charge is 0.355 e. The zero-order valence-corrected chi connectivity index (χ0v) is 32.0. The number of rotatable bonds is 0. The molecule has 7 aromatic rings. The maximum Gasteiger partial charge on any atom is 0.0659 e. The van der Waals surface area contributed by atoms with Crippen LogP contribution in [0.1, 0.15) is 22.8 Å².